The Morgan fingerprint density at radius 2 is 1.88 bits per heavy atom. The van der Waals surface area contributed by atoms with Crippen molar-refractivity contribution >= 4 is 12.1 Å². The summed E-state index contributed by atoms with van der Waals surface area (Å²) in [5.41, 5.74) is 4.17. The SMILES string of the molecule is CCCCOc1ccc(/C=N\NC(=O)[C@H](OC)c2ccccc2)cc1. The van der Waals surface area contributed by atoms with Gasteiger partial charge in [0.05, 0.1) is 12.8 Å². The summed E-state index contributed by atoms with van der Waals surface area (Å²) in [5, 5.41) is 4.00. The average Bonchev–Trinajstić information content (AvgIpc) is 2.65. The number of hydrazone groups is 1. The Labute approximate surface area is 148 Å². The zero-order valence-electron chi connectivity index (χ0n) is 14.6. The normalized spacial score (nSPS) is 12.1. The van der Waals surface area contributed by atoms with E-state index >= 15 is 0 Å². The van der Waals surface area contributed by atoms with Crippen molar-refractivity contribution < 1.29 is 14.3 Å². The minimum atomic E-state index is -0.687. The fourth-order valence-electron chi connectivity index (χ4n) is 2.24. The van der Waals surface area contributed by atoms with E-state index in [1.165, 1.54) is 7.11 Å². The van der Waals surface area contributed by atoms with Crippen molar-refractivity contribution in [2.45, 2.75) is 25.9 Å². The van der Waals surface area contributed by atoms with Crippen LogP contribution in [0.15, 0.2) is 59.7 Å². The zero-order valence-corrected chi connectivity index (χ0v) is 14.6. The minimum Gasteiger partial charge on any atom is -0.494 e. The van der Waals surface area contributed by atoms with E-state index in [0.717, 1.165) is 36.3 Å². The molecule has 0 bridgehead atoms. The van der Waals surface area contributed by atoms with Crippen LogP contribution >= 0.6 is 0 Å². The lowest BCUT2D eigenvalue weighted by molar-refractivity contribution is -0.131. The van der Waals surface area contributed by atoms with Crippen molar-refractivity contribution in [1.82, 2.24) is 5.43 Å². The third-order valence-electron chi connectivity index (χ3n) is 3.61. The monoisotopic (exact) mass is 340 g/mol. The number of carbonyl (C=O) groups excluding carboxylic acids is 1. The molecule has 25 heavy (non-hydrogen) atoms. The molecule has 1 N–H and O–H groups in total. The van der Waals surface area contributed by atoms with E-state index in [-0.39, 0.29) is 5.91 Å². The summed E-state index contributed by atoms with van der Waals surface area (Å²) in [7, 11) is 1.50. The molecule has 2 aromatic rings. The van der Waals surface area contributed by atoms with E-state index in [9.17, 15) is 4.79 Å². The standard InChI is InChI=1S/C20H24N2O3/c1-3-4-14-25-18-12-10-16(11-13-18)15-21-22-20(23)19(24-2)17-8-6-5-7-9-17/h5-13,15,19H,3-4,14H2,1-2H3,(H,22,23)/b21-15-/t19-/m1/s1. The molecule has 0 spiro atoms. The Morgan fingerprint density at radius 1 is 1.16 bits per heavy atom. The second-order valence-corrected chi connectivity index (χ2v) is 5.53. The molecule has 2 aromatic carbocycles. The Balaban J connectivity index is 1.88. The van der Waals surface area contributed by atoms with Crippen LogP contribution in [0.5, 0.6) is 5.75 Å². The highest BCUT2D eigenvalue weighted by Gasteiger charge is 2.18. The molecule has 2 rings (SSSR count). The van der Waals surface area contributed by atoms with Crippen LogP contribution in [0.4, 0.5) is 0 Å². The van der Waals surface area contributed by atoms with Crippen molar-refractivity contribution in [3.63, 3.8) is 0 Å². The van der Waals surface area contributed by atoms with Crippen LogP contribution in [0, 0.1) is 0 Å². The number of methoxy groups -OCH3 is 1. The summed E-state index contributed by atoms with van der Waals surface area (Å²) in [6, 6.07) is 16.9. The molecule has 1 atom stereocenters. The van der Waals surface area contributed by atoms with E-state index in [1.807, 2.05) is 54.6 Å². The topological polar surface area (TPSA) is 59.9 Å². The van der Waals surface area contributed by atoms with Crippen molar-refractivity contribution in [1.29, 1.82) is 0 Å². The number of carbonyl (C=O) groups is 1. The van der Waals surface area contributed by atoms with Gasteiger partial charge in [0.25, 0.3) is 5.91 Å². The number of amides is 1. The summed E-state index contributed by atoms with van der Waals surface area (Å²) < 4.78 is 10.9. The molecule has 1 amide bonds. The molecule has 0 heterocycles. The maximum absolute atomic E-state index is 12.2. The second-order valence-electron chi connectivity index (χ2n) is 5.53. The van der Waals surface area contributed by atoms with E-state index < -0.39 is 6.10 Å². The first kappa shape index (κ1) is 18.7. The molecule has 0 aliphatic rings. The molecule has 0 aromatic heterocycles. The number of rotatable bonds is 9. The fraction of sp³-hybridized carbons (Fsp3) is 0.300. The fourth-order valence-corrected chi connectivity index (χ4v) is 2.24. The van der Waals surface area contributed by atoms with Gasteiger partial charge in [-0.3, -0.25) is 4.79 Å². The molecule has 0 aliphatic carbocycles. The van der Waals surface area contributed by atoms with Gasteiger partial charge in [0.2, 0.25) is 0 Å². The number of unbranched alkanes of at least 4 members (excludes halogenated alkanes) is 1. The highest BCUT2D eigenvalue weighted by molar-refractivity contribution is 5.85. The van der Waals surface area contributed by atoms with Gasteiger partial charge in [-0.2, -0.15) is 5.10 Å². The number of hydrogen-bond donors (Lipinski definition) is 1. The maximum Gasteiger partial charge on any atom is 0.273 e. The molecular formula is C20H24N2O3. The van der Waals surface area contributed by atoms with Crippen molar-refractivity contribution in [3.05, 3.63) is 65.7 Å². The molecule has 132 valence electrons. The van der Waals surface area contributed by atoms with Gasteiger partial charge in [-0.1, -0.05) is 43.7 Å². The summed E-state index contributed by atoms with van der Waals surface area (Å²) in [4.78, 5) is 12.2. The molecule has 5 heteroatoms. The summed E-state index contributed by atoms with van der Waals surface area (Å²) in [5.74, 6) is 0.516. The second kappa shape index (κ2) is 10.3. The van der Waals surface area contributed by atoms with Crippen LogP contribution < -0.4 is 10.2 Å². The van der Waals surface area contributed by atoms with Gasteiger partial charge in [0, 0.05) is 7.11 Å². The van der Waals surface area contributed by atoms with E-state index in [2.05, 4.69) is 17.5 Å². The highest BCUT2D eigenvalue weighted by Crippen LogP contribution is 2.16. The first-order chi connectivity index (χ1) is 12.2. The predicted molar refractivity (Wildman–Crippen MR) is 98.8 cm³/mol. The zero-order chi connectivity index (χ0) is 17.9. The highest BCUT2D eigenvalue weighted by atomic mass is 16.5. The van der Waals surface area contributed by atoms with Gasteiger partial charge in [0.15, 0.2) is 6.10 Å². The third kappa shape index (κ3) is 6.04. The Bertz CT molecular complexity index is 669. The van der Waals surface area contributed by atoms with Crippen LogP contribution in [0.25, 0.3) is 0 Å². The average molecular weight is 340 g/mol. The van der Waals surface area contributed by atoms with Gasteiger partial charge in [0.1, 0.15) is 5.75 Å². The molecular weight excluding hydrogens is 316 g/mol. The lowest BCUT2D eigenvalue weighted by Gasteiger charge is -2.13. The summed E-state index contributed by atoms with van der Waals surface area (Å²) in [6.07, 6.45) is 3.05. The number of hydrogen-bond acceptors (Lipinski definition) is 4. The molecule has 0 saturated carbocycles. The molecule has 0 radical (unpaired) electrons. The maximum atomic E-state index is 12.2. The third-order valence-corrected chi connectivity index (χ3v) is 3.61. The van der Waals surface area contributed by atoms with Gasteiger partial charge in [-0.05, 0) is 41.8 Å². The molecule has 0 saturated heterocycles. The van der Waals surface area contributed by atoms with Crippen molar-refractivity contribution in [2.24, 2.45) is 5.10 Å². The minimum absolute atomic E-state index is 0.315. The van der Waals surface area contributed by atoms with E-state index in [0.29, 0.717) is 0 Å². The van der Waals surface area contributed by atoms with E-state index in [4.69, 9.17) is 9.47 Å². The van der Waals surface area contributed by atoms with Gasteiger partial charge < -0.3 is 9.47 Å². The Morgan fingerprint density at radius 3 is 2.52 bits per heavy atom. The molecule has 0 aliphatic heterocycles. The van der Waals surface area contributed by atoms with Crippen LogP contribution in [-0.2, 0) is 9.53 Å². The van der Waals surface area contributed by atoms with Crippen molar-refractivity contribution in [3.8, 4) is 5.75 Å². The molecule has 0 fully saturated rings. The number of benzene rings is 2. The molecule has 0 unspecified atom stereocenters. The van der Waals surface area contributed by atoms with Crippen LogP contribution in [0.1, 0.15) is 37.0 Å². The Kier molecular flexibility index (Phi) is 7.66. The number of nitrogens with zero attached hydrogens (tertiary/aromatic N) is 1. The number of ether oxygens (including phenoxy) is 2. The number of nitrogens with one attached hydrogen (secondary N) is 1. The first-order valence-corrected chi connectivity index (χ1v) is 8.38. The molecule has 5 nitrogen and oxygen atoms in total. The van der Waals surface area contributed by atoms with E-state index in [1.54, 1.807) is 6.21 Å². The van der Waals surface area contributed by atoms with Crippen molar-refractivity contribution in [2.75, 3.05) is 13.7 Å². The quantitative estimate of drug-likeness (QED) is 0.430. The predicted octanol–water partition coefficient (Wildman–Crippen LogP) is 3.70. The van der Waals surface area contributed by atoms with Crippen LogP contribution in [-0.4, -0.2) is 25.8 Å². The van der Waals surface area contributed by atoms with Crippen LogP contribution in [0.3, 0.4) is 0 Å². The van der Waals surface area contributed by atoms with Gasteiger partial charge >= 0.3 is 0 Å². The largest absolute Gasteiger partial charge is 0.494 e. The summed E-state index contributed by atoms with van der Waals surface area (Å²) in [6.45, 7) is 2.85. The lowest BCUT2D eigenvalue weighted by atomic mass is 10.1. The first-order valence-electron chi connectivity index (χ1n) is 8.38. The van der Waals surface area contributed by atoms with Crippen LogP contribution in [0.2, 0.25) is 0 Å². The van der Waals surface area contributed by atoms with Gasteiger partial charge in [-0.15, -0.1) is 0 Å². The Hall–Kier alpha value is -2.66. The smallest absolute Gasteiger partial charge is 0.273 e. The lowest BCUT2D eigenvalue weighted by Crippen LogP contribution is -2.26. The van der Waals surface area contributed by atoms with Gasteiger partial charge in [-0.25, -0.2) is 5.43 Å². The summed E-state index contributed by atoms with van der Waals surface area (Å²) >= 11 is 0.